The van der Waals surface area contributed by atoms with Gasteiger partial charge in [-0.15, -0.1) is 0 Å². The molecule has 100 valence electrons. The fourth-order valence-corrected chi connectivity index (χ4v) is 2.32. The number of pyridine rings is 1. The zero-order valence-corrected chi connectivity index (χ0v) is 10.9. The van der Waals surface area contributed by atoms with Crippen molar-refractivity contribution in [2.45, 2.75) is 4.90 Å². The first-order chi connectivity index (χ1) is 8.42. The number of aromatic nitrogens is 1. The highest BCUT2D eigenvalue weighted by Crippen LogP contribution is 2.12. The number of nitrogens with two attached hydrogens (primary N) is 1. The van der Waals surface area contributed by atoms with Gasteiger partial charge in [-0.1, -0.05) is 11.6 Å². The number of primary amides is 1. The van der Waals surface area contributed by atoms with Crippen LogP contribution in [0.3, 0.4) is 0 Å². The molecule has 0 saturated heterocycles. The molecule has 0 spiro atoms. The number of nitrogens with one attached hydrogen (secondary N) is 1. The van der Waals surface area contributed by atoms with Gasteiger partial charge in [0.2, 0.25) is 15.9 Å². The number of carbonyl (C=O) groups is 1. The highest BCUT2D eigenvalue weighted by atomic mass is 35.5. The van der Waals surface area contributed by atoms with E-state index in [0.29, 0.717) is 0 Å². The Morgan fingerprint density at radius 1 is 1.56 bits per heavy atom. The lowest BCUT2D eigenvalue weighted by molar-refractivity contribution is -0.122. The molecule has 0 aliphatic rings. The van der Waals surface area contributed by atoms with Crippen LogP contribution in [0.2, 0.25) is 5.15 Å². The molecule has 0 radical (unpaired) electrons. The van der Waals surface area contributed by atoms with Gasteiger partial charge in [0, 0.05) is 12.7 Å². The Hall–Kier alpha value is -1.22. The van der Waals surface area contributed by atoms with Crippen molar-refractivity contribution in [1.29, 1.82) is 0 Å². The topological polar surface area (TPSA) is 111 Å². The number of nitrogens with zero attached hydrogens (tertiary/aromatic N) is 1. The quantitative estimate of drug-likeness (QED) is 0.521. The maximum Gasteiger partial charge on any atom is 0.243 e. The standard InChI is InChI=1S/C9H12ClN3O4S/c10-8-5-7(1-2-12-8)18(15,16)13-3-4-17-6-9(11)14/h1-2,5,13H,3-4,6H2,(H2,11,14). The number of carbonyl (C=O) groups excluding carboxylic acids is 1. The lowest BCUT2D eigenvalue weighted by Crippen LogP contribution is -2.29. The molecule has 0 bridgehead atoms. The van der Waals surface area contributed by atoms with Crippen LogP contribution in [0.15, 0.2) is 23.2 Å². The van der Waals surface area contributed by atoms with E-state index in [1.165, 1.54) is 18.3 Å². The summed E-state index contributed by atoms with van der Waals surface area (Å²) in [5.41, 5.74) is 4.84. The third-order valence-corrected chi connectivity index (χ3v) is 3.46. The first-order valence-electron chi connectivity index (χ1n) is 4.89. The van der Waals surface area contributed by atoms with E-state index < -0.39 is 15.9 Å². The molecule has 0 fully saturated rings. The number of ether oxygens (including phenoxy) is 1. The summed E-state index contributed by atoms with van der Waals surface area (Å²) in [6.45, 7) is -0.181. The molecule has 18 heavy (non-hydrogen) atoms. The maximum absolute atomic E-state index is 11.7. The predicted molar refractivity (Wildman–Crippen MR) is 64.4 cm³/mol. The maximum atomic E-state index is 11.7. The van der Waals surface area contributed by atoms with Gasteiger partial charge in [-0.05, 0) is 12.1 Å². The van der Waals surface area contributed by atoms with E-state index in [4.69, 9.17) is 22.1 Å². The van der Waals surface area contributed by atoms with E-state index >= 15 is 0 Å². The summed E-state index contributed by atoms with van der Waals surface area (Å²) < 4.78 is 30.6. The highest BCUT2D eigenvalue weighted by molar-refractivity contribution is 7.89. The second-order valence-corrected chi connectivity index (χ2v) is 5.39. The molecule has 7 nitrogen and oxygen atoms in total. The summed E-state index contributed by atoms with van der Waals surface area (Å²) in [4.78, 5) is 14.0. The van der Waals surface area contributed by atoms with Crippen molar-refractivity contribution in [3.8, 4) is 0 Å². The second-order valence-electron chi connectivity index (χ2n) is 3.23. The average Bonchev–Trinajstić information content (AvgIpc) is 2.28. The molecule has 0 atom stereocenters. The fraction of sp³-hybridized carbons (Fsp3) is 0.333. The zero-order chi connectivity index (χ0) is 13.6. The Bertz CT molecular complexity index is 520. The van der Waals surface area contributed by atoms with Gasteiger partial charge in [0.1, 0.15) is 11.8 Å². The van der Waals surface area contributed by atoms with Crippen LogP contribution in [0.1, 0.15) is 0 Å². The predicted octanol–water partition coefficient (Wildman–Crippen LogP) is -0.485. The first kappa shape index (κ1) is 14.8. The number of halogens is 1. The Balaban J connectivity index is 2.48. The van der Waals surface area contributed by atoms with Gasteiger partial charge in [-0.2, -0.15) is 0 Å². The monoisotopic (exact) mass is 293 g/mol. The van der Waals surface area contributed by atoms with Gasteiger partial charge in [-0.3, -0.25) is 4.79 Å². The van der Waals surface area contributed by atoms with Gasteiger partial charge < -0.3 is 10.5 Å². The molecule has 0 aliphatic heterocycles. The molecular formula is C9H12ClN3O4S. The Morgan fingerprint density at radius 2 is 2.28 bits per heavy atom. The minimum atomic E-state index is -3.65. The van der Waals surface area contributed by atoms with E-state index in [1.807, 2.05) is 0 Å². The normalized spacial score (nSPS) is 11.4. The van der Waals surface area contributed by atoms with Crippen LogP contribution in [-0.4, -0.2) is 39.1 Å². The van der Waals surface area contributed by atoms with Crippen molar-refractivity contribution in [3.63, 3.8) is 0 Å². The van der Waals surface area contributed by atoms with Crippen LogP contribution in [0.25, 0.3) is 0 Å². The molecule has 3 N–H and O–H groups in total. The van der Waals surface area contributed by atoms with Crippen molar-refractivity contribution < 1.29 is 17.9 Å². The third kappa shape index (κ3) is 4.96. The summed E-state index contributed by atoms with van der Waals surface area (Å²) in [5, 5.41) is 0.0860. The lowest BCUT2D eigenvalue weighted by atomic mass is 10.5. The van der Waals surface area contributed by atoms with E-state index in [-0.39, 0.29) is 29.8 Å². The first-order valence-corrected chi connectivity index (χ1v) is 6.75. The average molecular weight is 294 g/mol. The molecule has 1 aromatic heterocycles. The molecule has 0 unspecified atom stereocenters. The van der Waals surface area contributed by atoms with Crippen LogP contribution in [0.5, 0.6) is 0 Å². The van der Waals surface area contributed by atoms with E-state index in [0.717, 1.165) is 0 Å². The summed E-state index contributed by atoms with van der Waals surface area (Å²) in [6.07, 6.45) is 1.29. The van der Waals surface area contributed by atoms with E-state index in [9.17, 15) is 13.2 Å². The van der Waals surface area contributed by atoms with Crippen molar-refractivity contribution in [2.24, 2.45) is 5.73 Å². The van der Waals surface area contributed by atoms with E-state index in [1.54, 1.807) is 0 Å². The number of hydrogen-bond donors (Lipinski definition) is 2. The zero-order valence-electron chi connectivity index (χ0n) is 9.30. The third-order valence-electron chi connectivity index (χ3n) is 1.79. The Labute approximate surface area is 109 Å². The van der Waals surface area contributed by atoms with Crippen LogP contribution in [0, 0.1) is 0 Å². The Kier molecular flexibility index (Phi) is 5.48. The molecule has 9 heteroatoms. The number of amides is 1. The summed E-state index contributed by atoms with van der Waals surface area (Å²) in [5.74, 6) is -0.612. The number of hydrogen-bond acceptors (Lipinski definition) is 5. The molecular weight excluding hydrogens is 282 g/mol. The smallest absolute Gasteiger partial charge is 0.243 e. The Morgan fingerprint density at radius 3 is 2.89 bits per heavy atom. The van der Waals surface area contributed by atoms with E-state index in [2.05, 4.69) is 9.71 Å². The van der Waals surface area contributed by atoms with Gasteiger partial charge in [0.05, 0.1) is 11.5 Å². The minimum absolute atomic E-state index is 0.0115. The SMILES string of the molecule is NC(=O)COCCNS(=O)(=O)c1ccnc(Cl)c1. The molecule has 1 aromatic rings. The van der Waals surface area contributed by atoms with Crippen molar-refractivity contribution in [1.82, 2.24) is 9.71 Å². The fourth-order valence-electron chi connectivity index (χ4n) is 1.06. The van der Waals surface area contributed by atoms with Crippen LogP contribution < -0.4 is 10.5 Å². The lowest BCUT2D eigenvalue weighted by Gasteiger charge is -2.06. The highest BCUT2D eigenvalue weighted by Gasteiger charge is 2.13. The second kappa shape index (κ2) is 6.64. The van der Waals surface area contributed by atoms with Gasteiger partial charge in [-0.25, -0.2) is 18.1 Å². The van der Waals surface area contributed by atoms with Crippen molar-refractivity contribution in [2.75, 3.05) is 19.8 Å². The minimum Gasteiger partial charge on any atom is -0.370 e. The molecule has 1 amide bonds. The molecule has 1 heterocycles. The molecule has 0 aromatic carbocycles. The van der Waals surface area contributed by atoms with Crippen molar-refractivity contribution in [3.05, 3.63) is 23.5 Å². The molecule has 0 aliphatic carbocycles. The van der Waals surface area contributed by atoms with Gasteiger partial charge in [0.15, 0.2) is 0 Å². The van der Waals surface area contributed by atoms with Crippen LogP contribution in [0.4, 0.5) is 0 Å². The largest absolute Gasteiger partial charge is 0.370 e. The number of sulfonamides is 1. The molecule has 1 rings (SSSR count). The number of rotatable bonds is 7. The van der Waals surface area contributed by atoms with Crippen LogP contribution in [-0.2, 0) is 19.6 Å². The van der Waals surface area contributed by atoms with Crippen LogP contribution >= 0.6 is 11.6 Å². The summed E-state index contributed by atoms with van der Waals surface area (Å²) in [7, 11) is -3.65. The molecule has 0 saturated carbocycles. The van der Waals surface area contributed by atoms with Crippen molar-refractivity contribution >= 4 is 27.5 Å². The van der Waals surface area contributed by atoms with Gasteiger partial charge in [0.25, 0.3) is 0 Å². The summed E-state index contributed by atoms with van der Waals surface area (Å²) >= 11 is 5.59. The van der Waals surface area contributed by atoms with Gasteiger partial charge >= 0.3 is 0 Å². The summed E-state index contributed by atoms with van der Waals surface area (Å²) in [6, 6.07) is 2.55.